The summed E-state index contributed by atoms with van der Waals surface area (Å²) in [4.78, 5) is 32.8. The maximum absolute atomic E-state index is 14.0. The Kier molecular flexibility index (Phi) is 6.88. The van der Waals surface area contributed by atoms with Crippen LogP contribution in [0.1, 0.15) is 29.7 Å². The van der Waals surface area contributed by atoms with E-state index >= 15 is 0 Å². The van der Waals surface area contributed by atoms with E-state index in [4.69, 9.17) is 30.8 Å². The van der Waals surface area contributed by atoms with E-state index in [0.717, 1.165) is 15.6 Å². The van der Waals surface area contributed by atoms with Crippen molar-refractivity contribution in [1.29, 1.82) is 0 Å². The molecule has 0 aliphatic carbocycles. The molecule has 0 radical (unpaired) electrons. The zero-order chi connectivity index (χ0) is 27.1. The van der Waals surface area contributed by atoms with Gasteiger partial charge in [0.05, 0.1) is 28.5 Å². The van der Waals surface area contributed by atoms with E-state index in [1.54, 1.807) is 29.7 Å². The first kappa shape index (κ1) is 25.6. The quantitative estimate of drug-likeness (QED) is 0.290. The lowest BCUT2D eigenvalue weighted by molar-refractivity contribution is -0.138. The van der Waals surface area contributed by atoms with Crippen LogP contribution in [0.5, 0.6) is 11.5 Å². The predicted octanol–water partition coefficient (Wildman–Crippen LogP) is 5.08. The molecule has 6 rings (SSSR count). The summed E-state index contributed by atoms with van der Waals surface area (Å²) >= 11 is 11.0. The Bertz CT molecular complexity index is 1810. The molecule has 1 atom stereocenters. The van der Waals surface area contributed by atoms with Gasteiger partial charge in [-0.1, -0.05) is 81.3 Å². The van der Waals surface area contributed by atoms with Crippen LogP contribution in [0.2, 0.25) is 5.02 Å². The van der Waals surface area contributed by atoms with Crippen molar-refractivity contribution in [2.75, 3.05) is 13.4 Å². The molecule has 1 unspecified atom stereocenters. The van der Waals surface area contributed by atoms with Gasteiger partial charge < -0.3 is 14.2 Å². The molecule has 1 aromatic heterocycles. The van der Waals surface area contributed by atoms with Gasteiger partial charge in [-0.05, 0) is 48.4 Å². The minimum atomic E-state index is -0.768. The summed E-state index contributed by atoms with van der Waals surface area (Å²) < 4.78 is 19.2. The third-order valence-corrected chi connectivity index (χ3v) is 8.26. The van der Waals surface area contributed by atoms with Gasteiger partial charge in [-0.3, -0.25) is 9.36 Å². The molecule has 3 aromatic carbocycles. The maximum atomic E-state index is 14.0. The van der Waals surface area contributed by atoms with Gasteiger partial charge in [-0.15, -0.1) is 0 Å². The first-order valence-corrected chi connectivity index (χ1v) is 14.1. The fourth-order valence-corrected chi connectivity index (χ4v) is 6.14. The topological polar surface area (TPSA) is 79.1 Å². The van der Waals surface area contributed by atoms with Gasteiger partial charge in [-0.25, -0.2) is 9.79 Å². The monoisotopic (exact) mass is 622 g/mol. The molecule has 0 saturated carbocycles. The number of hydrogen-bond donors (Lipinski definition) is 0. The Labute approximate surface area is 240 Å². The molecule has 2 aliphatic heterocycles. The second-order valence-electron chi connectivity index (χ2n) is 8.71. The highest BCUT2D eigenvalue weighted by Gasteiger charge is 2.35. The minimum Gasteiger partial charge on any atom is -0.463 e. The van der Waals surface area contributed by atoms with Gasteiger partial charge in [0.1, 0.15) is 0 Å². The number of halogens is 2. The lowest BCUT2D eigenvalue weighted by atomic mass is 9.93. The van der Waals surface area contributed by atoms with Crippen molar-refractivity contribution >= 4 is 56.6 Å². The molecule has 3 heterocycles. The summed E-state index contributed by atoms with van der Waals surface area (Å²) in [5, 5.41) is 0.545. The number of aromatic nitrogens is 1. The Morgan fingerprint density at radius 3 is 2.59 bits per heavy atom. The summed E-state index contributed by atoms with van der Waals surface area (Å²) in [6.07, 6.45) is 1.78. The zero-order valence-electron chi connectivity index (χ0n) is 20.5. The maximum Gasteiger partial charge on any atom is 0.338 e. The predicted molar refractivity (Wildman–Crippen MR) is 153 cm³/mol. The lowest BCUT2D eigenvalue weighted by Crippen LogP contribution is -2.40. The fraction of sp³-hybridized carbons (Fsp3) is 0.138. The number of esters is 1. The molecule has 0 N–H and O–H groups in total. The molecule has 7 nitrogen and oxygen atoms in total. The van der Waals surface area contributed by atoms with Crippen molar-refractivity contribution in [2.45, 2.75) is 13.0 Å². The van der Waals surface area contributed by atoms with Crippen LogP contribution in [0.25, 0.3) is 11.8 Å². The average molecular weight is 624 g/mol. The van der Waals surface area contributed by atoms with Crippen molar-refractivity contribution in [3.63, 3.8) is 0 Å². The lowest BCUT2D eigenvalue weighted by Gasteiger charge is -2.25. The molecule has 39 heavy (non-hydrogen) atoms. The Morgan fingerprint density at radius 1 is 1.15 bits per heavy atom. The molecule has 4 aromatic rings. The number of rotatable bonds is 5. The van der Waals surface area contributed by atoms with E-state index in [-0.39, 0.29) is 24.5 Å². The van der Waals surface area contributed by atoms with Crippen LogP contribution >= 0.6 is 38.9 Å². The van der Waals surface area contributed by atoms with Gasteiger partial charge in [0.25, 0.3) is 5.56 Å². The minimum absolute atomic E-state index is 0.146. The van der Waals surface area contributed by atoms with Crippen LogP contribution in [0.4, 0.5) is 0 Å². The van der Waals surface area contributed by atoms with E-state index in [2.05, 4.69) is 15.9 Å². The Morgan fingerprint density at radius 2 is 1.87 bits per heavy atom. The molecule has 0 saturated heterocycles. The number of nitrogens with zero attached hydrogens (tertiary/aromatic N) is 2. The first-order chi connectivity index (χ1) is 18.9. The molecule has 0 bridgehead atoms. The number of hydrogen-bond acceptors (Lipinski definition) is 7. The number of thiazole rings is 1. The molecule has 0 spiro atoms. The Balaban J connectivity index is 1.63. The van der Waals surface area contributed by atoms with E-state index < -0.39 is 12.0 Å². The molecule has 0 amide bonds. The van der Waals surface area contributed by atoms with Crippen LogP contribution in [-0.4, -0.2) is 23.9 Å². The highest BCUT2D eigenvalue weighted by atomic mass is 79.9. The molecular weight excluding hydrogens is 604 g/mol. The molecular formula is C29H20BrClN2O5S. The van der Waals surface area contributed by atoms with E-state index in [1.165, 1.54) is 11.3 Å². The van der Waals surface area contributed by atoms with E-state index in [0.29, 0.717) is 37.1 Å². The van der Waals surface area contributed by atoms with Crippen LogP contribution in [0.15, 0.2) is 86.6 Å². The normalized spacial score (nSPS) is 16.2. The third kappa shape index (κ3) is 4.71. The number of carbonyl (C=O) groups is 1. The molecule has 196 valence electrons. The summed E-state index contributed by atoms with van der Waals surface area (Å²) in [6, 6.07) is 19.4. The molecule has 0 fully saturated rings. The second-order valence-corrected chi connectivity index (χ2v) is 11.0. The van der Waals surface area contributed by atoms with Crippen molar-refractivity contribution in [1.82, 2.24) is 4.57 Å². The van der Waals surface area contributed by atoms with Gasteiger partial charge in [0, 0.05) is 15.1 Å². The number of carbonyl (C=O) groups excluding carboxylic acids is 1. The van der Waals surface area contributed by atoms with E-state index in [9.17, 15) is 9.59 Å². The van der Waals surface area contributed by atoms with E-state index in [1.807, 2.05) is 54.6 Å². The van der Waals surface area contributed by atoms with Gasteiger partial charge in [0.2, 0.25) is 6.79 Å². The van der Waals surface area contributed by atoms with Crippen molar-refractivity contribution in [3.8, 4) is 11.5 Å². The second kappa shape index (κ2) is 10.5. The average Bonchev–Trinajstić information content (AvgIpc) is 3.52. The van der Waals surface area contributed by atoms with Gasteiger partial charge in [-0.2, -0.15) is 0 Å². The van der Waals surface area contributed by atoms with Crippen molar-refractivity contribution < 1.29 is 19.0 Å². The van der Waals surface area contributed by atoms with Crippen LogP contribution in [0.3, 0.4) is 0 Å². The summed E-state index contributed by atoms with van der Waals surface area (Å²) in [7, 11) is 0. The van der Waals surface area contributed by atoms with Crippen molar-refractivity contribution in [2.24, 2.45) is 4.99 Å². The van der Waals surface area contributed by atoms with Crippen LogP contribution < -0.4 is 24.4 Å². The summed E-state index contributed by atoms with van der Waals surface area (Å²) in [6.45, 7) is 2.07. The summed E-state index contributed by atoms with van der Waals surface area (Å²) in [5.41, 5.74) is 2.68. The van der Waals surface area contributed by atoms with Crippen molar-refractivity contribution in [3.05, 3.63) is 118 Å². The number of fused-ring (bicyclic) bond motifs is 2. The molecule has 2 aliphatic rings. The van der Waals surface area contributed by atoms with Gasteiger partial charge >= 0.3 is 5.97 Å². The smallest absolute Gasteiger partial charge is 0.338 e. The Hall–Kier alpha value is -3.66. The highest BCUT2D eigenvalue weighted by Crippen LogP contribution is 2.38. The standard InChI is InChI=1S/C29H20BrClN2O5S/c1-2-36-28(35)24-25(16-6-4-3-5-7-16)32-29-33(26(24)17-8-10-19(31)11-9-17)27(34)23(39-29)13-18-12-21-22(14-20(18)30)38-15-37-21/h3-14,26H,2,15H2,1H3. The zero-order valence-corrected chi connectivity index (χ0v) is 23.7. The number of benzene rings is 3. The first-order valence-electron chi connectivity index (χ1n) is 12.1. The number of ether oxygens (including phenoxy) is 3. The van der Waals surface area contributed by atoms with Crippen LogP contribution in [-0.2, 0) is 9.53 Å². The molecule has 10 heteroatoms. The summed E-state index contributed by atoms with van der Waals surface area (Å²) in [5.74, 6) is 0.704. The highest BCUT2D eigenvalue weighted by molar-refractivity contribution is 9.10. The largest absolute Gasteiger partial charge is 0.463 e. The van der Waals surface area contributed by atoms with Gasteiger partial charge in [0.15, 0.2) is 16.3 Å². The third-order valence-electron chi connectivity index (χ3n) is 6.34. The van der Waals surface area contributed by atoms with Crippen LogP contribution in [0, 0.1) is 0 Å². The SMILES string of the molecule is CCOC(=O)C1=C(c2ccccc2)N=c2sc(=Cc3cc4c(cc3Br)OCO4)c(=O)n2C1c1ccc(Cl)cc1. The fourth-order valence-electron chi connectivity index (χ4n) is 4.59.